The maximum absolute atomic E-state index is 12.4. The lowest BCUT2D eigenvalue weighted by Gasteiger charge is -2.44. The van der Waals surface area contributed by atoms with Crippen LogP contribution in [-0.4, -0.2) is 68.3 Å². The van der Waals surface area contributed by atoms with E-state index in [1.54, 1.807) is 0 Å². The summed E-state index contributed by atoms with van der Waals surface area (Å²) >= 11 is 0. The fourth-order valence-corrected chi connectivity index (χ4v) is 4.00. The highest BCUT2D eigenvalue weighted by Crippen LogP contribution is 2.42. The lowest BCUT2D eigenvalue weighted by atomic mass is 9.94. The standard InChI is InChI=1S/C23H31NO8/c1-15(5-7-19(25)31-13-10-24(28)8-11-30-12-9-24)4-6-17-21(26)20-18(14-32-23(20)27)16(2)22(17)29-3/h4,26H,5-14H2,1-3H3. The summed E-state index contributed by atoms with van der Waals surface area (Å²) in [5.41, 5.74) is 3.07. The summed E-state index contributed by atoms with van der Waals surface area (Å²) in [6.07, 6.45) is 2.92. The Balaban J connectivity index is 1.54. The molecule has 1 saturated heterocycles. The number of methoxy groups -OCH3 is 1. The van der Waals surface area contributed by atoms with Gasteiger partial charge in [0.25, 0.3) is 0 Å². The molecule has 9 nitrogen and oxygen atoms in total. The molecule has 2 aliphatic heterocycles. The summed E-state index contributed by atoms with van der Waals surface area (Å²) in [4.78, 5) is 24.0. The molecule has 32 heavy (non-hydrogen) atoms. The quantitative estimate of drug-likeness (QED) is 0.265. The molecule has 0 radical (unpaired) electrons. The number of aromatic hydroxyl groups is 1. The zero-order chi connectivity index (χ0) is 23.3. The normalized spacial score (nSPS) is 17.6. The summed E-state index contributed by atoms with van der Waals surface area (Å²) in [5.74, 6) is -0.478. The van der Waals surface area contributed by atoms with Gasteiger partial charge in [0.15, 0.2) is 0 Å². The molecule has 176 valence electrons. The second-order valence-electron chi connectivity index (χ2n) is 8.23. The fraction of sp³-hybridized carbons (Fsp3) is 0.565. The molecule has 0 aliphatic carbocycles. The van der Waals surface area contributed by atoms with Crippen molar-refractivity contribution >= 4 is 11.9 Å². The lowest BCUT2D eigenvalue weighted by Crippen LogP contribution is -2.52. The number of allylic oxidation sites excluding steroid dienone is 2. The first-order valence-electron chi connectivity index (χ1n) is 10.8. The third-order valence-electron chi connectivity index (χ3n) is 6.07. The number of cyclic esters (lactones) is 1. The zero-order valence-corrected chi connectivity index (χ0v) is 18.9. The molecule has 0 aromatic heterocycles. The van der Waals surface area contributed by atoms with Crippen LogP contribution in [0.15, 0.2) is 11.6 Å². The van der Waals surface area contributed by atoms with Gasteiger partial charge >= 0.3 is 11.9 Å². The van der Waals surface area contributed by atoms with Gasteiger partial charge in [0, 0.05) is 17.5 Å². The van der Waals surface area contributed by atoms with E-state index in [0.29, 0.717) is 56.0 Å². The van der Waals surface area contributed by atoms with Crippen molar-refractivity contribution in [3.63, 3.8) is 0 Å². The number of fused-ring (bicyclic) bond motifs is 1. The summed E-state index contributed by atoms with van der Waals surface area (Å²) in [6, 6.07) is 0. The maximum atomic E-state index is 12.4. The number of phenolic OH excluding ortho intramolecular Hbond substituents is 1. The number of phenols is 1. The predicted octanol–water partition coefficient (Wildman–Crippen LogP) is 2.54. The molecule has 0 saturated carbocycles. The summed E-state index contributed by atoms with van der Waals surface area (Å²) in [5, 5.41) is 23.0. The van der Waals surface area contributed by atoms with E-state index in [2.05, 4.69) is 0 Å². The average molecular weight is 450 g/mol. The van der Waals surface area contributed by atoms with Gasteiger partial charge in [-0.1, -0.05) is 11.6 Å². The minimum atomic E-state index is -0.535. The number of rotatable bonds is 9. The number of hydroxylamine groups is 3. The molecule has 1 aromatic carbocycles. The first-order chi connectivity index (χ1) is 15.3. The number of carbonyl (C=O) groups excluding carboxylic acids is 2. The highest BCUT2D eigenvalue weighted by Gasteiger charge is 2.31. The maximum Gasteiger partial charge on any atom is 0.342 e. The molecular formula is C23H31NO8. The van der Waals surface area contributed by atoms with Crippen LogP contribution in [-0.2, 0) is 32.0 Å². The zero-order valence-electron chi connectivity index (χ0n) is 18.9. The molecule has 0 bridgehead atoms. The molecule has 2 aliphatic rings. The van der Waals surface area contributed by atoms with Gasteiger partial charge in [0.05, 0.1) is 20.3 Å². The van der Waals surface area contributed by atoms with Crippen LogP contribution in [0, 0.1) is 12.1 Å². The van der Waals surface area contributed by atoms with E-state index in [9.17, 15) is 19.9 Å². The van der Waals surface area contributed by atoms with E-state index in [4.69, 9.17) is 18.9 Å². The number of hydrogen-bond donors (Lipinski definition) is 1. The average Bonchev–Trinajstić information content (AvgIpc) is 3.16. The third-order valence-corrected chi connectivity index (χ3v) is 6.07. The molecule has 2 heterocycles. The van der Waals surface area contributed by atoms with Crippen LogP contribution in [0.2, 0.25) is 0 Å². The SMILES string of the molecule is COc1c(C)c2c(c(O)c1CC=C(C)CCC(=O)OCC[N+]1([O-])CCOCC1)C(=O)OC2. The van der Waals surface area contributed by atoms with E-state index < -0.39 is 5.97 Å². The second kappa shape index (κ2) is 10.3. The number of quaternary nitrogens is 1. The van der Waals surface area contributed by atoms with Gasteiger partial charge in [0.1, 0.15) is 49.9 Å². The predicted molar refractivity (Wildman–Crippen MR) is 115 cm³/mol. The minimum Gasteiger partial charge on any atom is -0.633 e. The van der Waals surface area contributed by atoms with Crippen molar-refractivity contribution in [1.82, 2.24) is 0 Å². The molecule has 3 rings (SSSR count). The van der Waals surface area contributed by atoms with Gasteiger partial charge in [-0.3, -0.25) is 4.79 Å². The Bertz CT molecular complexity index is 902. The number of benzene rings is 1. The number of esters is 2. The smallest absolute Gasteiger partial charge is 0.342 e. The van der Waals surface area contributed by atoms with Crippen molar-refractivity contribution in [2.24, 2.45) is 0 Å². The van der Waals surface area contributed by atoms with E-state index in [1.165, 1.54) is 7.11 Å². The number of morpholine rings is 1. The third kappa shape index (κ3) is 5.40. The van der Waals surface area contributed by atoms with Gasteiger partial charge in [-0.15, -0.1) is 0 Å². The summed E-state index contributed by atoms with van der Waals surface area (Å²) < 4.78 is 20.6. The first-order valence-corrected chi connectivity index (χ1v) is 10.8. The highest BCUT2D eigenvalue weighted by atomic mass is 16.6. The van der Waals surface area contributed by atoms with Crippen molar-refractivity contribution in [2.45, 2.75) is 39.7 Å². The van der Waals surface area contributed by atoms with Crippen LogP contribution in [0.1, 0.15) is 46.8 Å². The Morgan fingerprint density at radius 2 is 2.00 bits per heavy atom. The van der Waals surface area contributed by atoms with Crippen molar-refractivity contribution in [2.75, 3.05) is 46.6 Å². The molecule has 1 N–H and O–H groups in total. The molecule has 1 aromatic rings. The van der Waals surface area contributed by atoms with Gasteiger partial charge in [-0.05, 0) is 32.3 Å². The van der Waals surface area contributed by atoms with Gasteiger partial charge in [-0.25, -0.2) is 4.79 Å². The number of ether oxygens (including phenoxy) is 4. The van der Waals surface area contributed by atoms with E-state index in [-0.39, 0.29) is 48.1 Å². The van der Waals surface area contributed by atoms with Crippen LogP contribution in [0.4, 0.5) is 0 Å². The van der Waals surface area contributed by atoms with Crippen LogP contribution < -0.4 is 4.74 Å². The molecular weight excluding hydrogens is 418 g/mol. The Morgan fingerprint density at radius 3 is 2.69 bits per heavy atom. The molecule has 1 fully saturated rings. The molecule has 0 unspecified atom stereocenters. The molecule has 0 atom stereocenters. The summed E-state index contributed by atoms with van der Waals surface area (Å²) in [7, 11) is 1.52. The lowest BCUT2D eigenvalue weighted by molar-refractivity contribution is -0.888. The Labute approximate surface area is 187 Å². The van der Waals surface area contributed by atoms with E-state index in [0.717, 1.165) is 11.1 Å². The van der Waals surface area contributed by atoms with Crippen molar-refractivity contribution in [3.05, 3.63) is 39.1 Å². The number of carbonyl (C=O) groups is 2. The Kier molecular flexibility index (Phi) is 7.76. The molecule has 0 spiro atoms. The van der Waals surface area contributed by atoms with Crippen LogP contribution in [0.25, 0.3) is 0 Å². The molecule has 0 amide bonds. The van der Waals surface area contributed by atoms with Crippen LogP contribution in [0.3, 0.4) is 0 Å². The highest BCUT2D eigenvalue weighted by molar-refractivity contribution is 5.98. The first kappa shape index (κ1) is 24.0. The topological polar surface area (TPSA) is 114 Å². The second-order valence-corrected chi connectivity index (χ2v) is 8.23. The van der Waals surface area contributed by atoms with Gasteiger partial charge < -0.3 is 33.9 Å². The Morgan fingerprint density at radius 1 is 1.28 bits per heavy atom. The number of nitrogens with zero attached hydrogens (tertiary/aromatic N) is 1. The van der Waals surface area contributed by atoms with Crippen LogP contribution in [0.5, 0.6) is 11.5 Å². The number of hydrogen-bond acceptors (Lipinski definition) is 8. The monoisotopic (exact) mass is 449 g/mol. The van der Waals surface area contributed by atoms with Crippen molar-refractivity contribution in [3.8, 4) is 11.5 Å². The minimum absolute atomic E-state index is 0.0979. The fourth-order valence-electron chi connectivity index (χ4n) is 4.00. The summed E-state index contributed by atoms with van der Waals surface area (Å²) in [6.45, 7) is 5.83. The van der Waals surface area contributed by atoms with E-state index >= 15 is 0 Å². The van der Waals surface area contributed by atoms with Crippen molar-refractivity contribution < 1.29 is 38.3 Å². The van der Waals surface area contributed by atoms with E-state index in [1.807, 2.05) is 19.9 Å². The van der Waals surface area contributed by atoms with Crippen LogP contribution >= 0.6 is 0 Å². The van der Waals surface area contributed by atoms with Gasteiger partial charge in [-0.2, -0.15) is 0 Å². The Hall–Kier alpha value is -2.62. The molecule has 9 heteroatoms. The largest absolute Gasteiger partial charge is 0.633 e. The van der Waals surface area contributed by atoms with Crippen molar-refractivity contribution in [1.29, 1.82) is 0 Å². The van der Waals surface area contributed by atoms with Gasteiger partial charge in [0.2, 0.25) is 0 Å².